The molecule has 3 aromatic rings. The molecule has 24 heavy (non-hydrogen) atoms. The van der Waals surface area contributed by atoms with E-state index in [0.717, 1.165) is 27.8 Å². The number of hydrogen-bond donors (Lipinski definition) is 0. The monoisotopic (exact) mass is 316 g/mol. The van der Waals surface area contributed by atoms with Gasteiger partial charge in [0.15, 0.2) is 0 Å². The van der Waals surface area contributed by atoms with Gasteiger partial charge >= 0.3 is 5.97 Å². The zero-order chi connectivity index (χ0) is 17.1. The van der Waals surface area contributed by atoms with Gasteiger partial charge in [-0.15, -0.1) is 0 Å². The van der Waals surface area contributed by atoms with Crippen molar-refractivity contribution >= 4 is 5.97 Å². The molecule has 120 valence electrons. The summed E-state index contributed by atoms with van der Waals surface area (Å²) in [5.74, 6) is 0.265. The number of para-hydroxylation sites is 1. The third-order valence-electron chi connectivity index (χ3n) is 4.06. The molecular weight excluding hydrogens is 296 g/mol. The van der Waals surface area contributed by atoms with Crippen molar-refractivity contribution < 1.29 is 9.53 Å². The van der Waals surface area contributed by atoms with Crippen LogP contribution in [0.3, 0.4) is 0 Å². The lowest BCUT2D eigenvalue weighted by Gasteiger charge is -2.13. The molecule has 0 aliphatic rings. The minimum absolute atomic E-state index is 0.312. The van der Waals surface area contributed by atoms with Gasteiger partial charge in [0.1, 0.15) is 5.75 Å². The Morgan fingerprint density at radius 1 is 0.792 bits per heavy atom. The maximum absolute atomic E-state index is 12.7. The van der Waals surface area contributed by atoms with E-state index in [-0.39, 0.29) is 5.97 Å². The summed E-state index contributed by atoms with van der Waals surface area (Å²) in [6, 6.07) is 21.6. The van der Waals surface area contributed by atoms with Crippen molar-refractivity contribution in [3.05, 3.63) is 89.0 Å². The third kappa shape index (κ3) is 3.23. The highest BCUT2D eigenvalue weighted by Gasteiger charge is 2.17. The fourth-order valence-electron chi connectivity index (χ4n) is 3.06. The quantitative estimate of drug-likeness (QED) is 0.471. The van der Waals surface area contributed by atoms with Crippen LogP contribution in [0.5, 0.6) is 5.75 Å². The van der Waals surface area contributed by atoms with Gasteiger partial charge in [0.2, 0.25) is 0 Å². The van der Waals surface area contributed by atoms with E-state index < -0.39 is 0 Å². The zero-order valence-electron chi connectivity index (χ0n) is 14.2. The van der Waals surface area contributed by atoms with Crippen molar-refractivity contribution in [3.63, 3.8) is 0 Å². The molecule has 3 rings (SSSR count). The average Bonchev–Trinajstić information content (AvgIpc) is 2.55. The molecule has 0 radical (unpaired) electrons. The Morgan fingerprint density at radius 2 is 1.38 bits per heavy atom. The van der Waals surface area contributed by atoms with Crippen LogP contribution in [-0.4, -0.2) is 5.97 Å². The van der Waals surface area contributed by atoms with Gasteiger partial charge in [-0.05, 0) is 43.5 Å². The second-order valence-electron chi connectivity index (χ2n) is 6.03. The summed E-state index contributed by atoms with van der Waals surface area (Å²) in [6.07, 6.45) is 0. The summed E-state index contributed by atoms with van der Waals surface area (Å²) in [6.45, 7) is 5.92. The van der Waals surface area contributed by atoms with Crippen molar-refractivity contribution in [2.24, 2.45) is 0 Å². The molecule has 0 saturated carbocycles. The van der Waals surface area contributed by atoms with Crippen LogP contribution in [0.25, 0.3) is 11.1 Å². The second kappa shape index (κ2) is 6.71. The summed E-state index contributed by atoms with van der Waals surface area (Å²) in [4.78, 5) is 12.7. The largest absolute Gasteiger partial charge is 0.422 e. The number of esters is 1. The lowest BCUT2D eigenvalue weighted by Crippen LogP contribution is -2.13. The van der Waals surface area contributed by atoms with Gasteiger partial charge in [0, 0.05) is 5.56 Å². The van der Waals surface area contributed by atoms with E-state index >= 15 is 0 Å². The number of carbonyl (C=O) groups is 1. The fraction of sp³-hybridized carbons (Fsp3) is 0.136. The predicted molar refractivity (Wildman–Crippen MR) is 97.5 cm³/mol. The summed E-state index contributed by atoms with van der Waals surface area (Å²) in [7, 11) is 0. The Labute approximate surface area is 142 Å². The highest BCUT2D eigenvalue weighted by molar-refractivity contribution is 5.95. The summed E-state index contributed by atoms with van der Waals surface area (Å²) in [5, 5.41) is 0. The zero-order valence-corrected chi connectivity index (χ0v) is 14.2. The van der Waals surface area contributed by atoms with Crippen LogP contribution in [0.2, 0.25) is 0 Å². The topological polar surface area (TPSA) is 26.3 Å². The van der Waals surface area contributed by atoms with Gasteiger partial charge in [-0.2, -0.15) is 0 Å². The Balaban J connectivity index is 1.97. The number of carbonyl (C=O) groups excluding carboxylic acids is 1. The SMILES string of the molecule is Cc1cc(C)c(C(=O)Oc2ccccc2-c2ccccc2)c(C)c1. The molecule has 0 aliphatic heterocycles. The van der Waals surface area contributed by atoms with Crippen molar-refractivity contribution in [2.45, 2.75) is 20.8 Å². The minimum Gasteiger partial charge on any atom is -0.422 e. The molecular formula is C22H20O2. The van der Waals surface area contributed by atoms with Gasteiger partial charge in [-0.1, -0.05) is 66.2 Å². The van der Waals surface area contributed by atoms with Crippen LogP contribution in [-0.2, 0) is 0 Å². The fourth-order valence-corrected chi connectivity index (χ4v) is 3.06. The van der Waals surface area contributed by atoms with Crippen LogP contribution < -0.4 is 4.74 Å². The van der Waals surface area contributed by atoms with E-state index in [1.807, 2.05) is 87.5 Å². The Morgan fingerprint density at radius 3 is 2.04 bits per heavy atom. The van der Waals surface area contributed by atoms with Gasteiger partial charge in [0.05, 0.1) is 5.56 Å². The molecule has 3 aromatic carbocycles. The first-order chi connectivity index (χ1) is 11.6. The van der Waals surface area contributed by atoms with Gasteiger partial charge in [-0.25, -0.2) is 4.79 Å². The van der Waals surface area contributed by atoms with Crippen molar-refractivity contribution in [3.8, 4) is 16.9 Å². The van der Waals surface area contributed by atoms with Gasteiger partial charge in [-0.3, -0.25) is 0 Å². The van der Waals surface area contributed by atoms with Crippen molar-refractivity contribution in [1.29, 1.82) is 0 Å². The molecule has 2 nitrogen and oxygen atoms in total. The lowest BCUT2D eigenvalue weighted by molar-refractivity contribution is 0.0734. The van der Waals surface area contributed by atoms with E-state index in [9.17, 15) is 4.79 Å². The Bertz CT molecular complexity index is 856. The maximum atomic E-state index is 12.7. The number of aryl methyl sites for hydroxylation is 3. The average molecular weight is 316 g/mol. The van der Waals surface area contributed by atoms with Crippen LogP contribution in [0.15, 0.2) is 66.7 Å². The smallest absolute Gasteiger partial charge is 0.344 e. The Kier molecular flexibility index (Phi) is 4.48. The lowest BCUT2D eigenvalue weighted by atomic mass is 10.00. The normalized spacial score (nSPS) is 10.5. The van der Waals surface area contributed by atoms with Gasteiger partial charge in [0.25, 0.3) is 0 Å². The first-order valence-corrected chi connectivity index (χ1v) is 8.01. The van der Waals surface area contributed by atoms with E-state index in [4.69, 9.17) is 4.74 Å². The van der Waals surface area contributed by atoms with E-state index in [2.05, 4.69) is 0 Å². The maximum Gasteiger partial charge on any atom is 0.344 e. The van der Waals surface area contributed by atoms with E-state index in [1.165, 1.54) is 0 Å². The molecule has 0 fully saturated rings. The number of rotatable bonds is 3. The molecule has 0 bridgehead atoms. The van der Waals surface area contributed by atoms with Crippen molar-refractivity contribution in [2.75, 3.05) is 0 Å². The summed E-state index contributed by atoms with van der Waals surface area (Å²) in [5.41, 5.74) is 5.60. The highest BCUT2D eigenvalue weighted by atomic mass is 16.5. The third-order valence-corrected chi connectivity index (χ3v) is 4.06. The number of ether oxygens (including phenoxy) is 1. The van der Waals surface area contributed by atoms with Crippen molar-refractivity contribution in [1.82, 2.24) is 0 Å². The molecule has 0 saturated heterocycles. The van der Waals surface area contributed by atoms with Crippen LogP contribution in [0.4, 0.5) is 0 Å². The van der Waals surface area contributed by atoms with E-state index in [0.29, 0.717) is 11.3 Å². The first-order valence-electron chi connectivity index (χ1n) is 8.01. The molecule has 0 atom stereocenters. The number of hydrogen-bond acceptors (Lipinski definition) is 2. The molecule has 0 aromatic heterocycles. The number of benzene rings is 3. The van der Waals surface area contributed by atoms with Crippen LogP contribution in [0.1, 0.15) is 27.0 Å². The van der Waals surface area contributed by atoms with Crippen LogP contribution in [0, 0.1) is 20.8 Å². The van der Waals surface area contributed by atoms with E-state index in [1.54, 1.807) is 0 Å². The minimum atomic E-state index is -0.312. The predicted octanol–water partition coefficient (Wildman–Crippen LogP) is 5.50. The molecule has 0 N–H and O–H groups in total. The molecule has 2 heteroatoms. The molecule has 0 unspecified atom stereocenters. The highest BCUT2D eigenvalue weighted by Crippen LogP contribution is 2.30. The molecule has 0 heterocycles. The summed E-state index contributed by atoms with van der Waals surface area (Å²) < 4.78 is 5.75. The standard InChI is InChI=1S/C22H20O2/c1-15-13-16(2)21(17(3)14-15)22(23)24-20-12-8-7-11-19(20)18-9-5-4-6-10-18/h4-14H,1-3H3. The van der Waals surface area contributed by atoms with Gasteiger partial charge < -0.3 is 4.74 Å². The summed E-state index contributed by atoms with van der Waals surface area (Å²) >= 11 is 0. The Hall–Kier alpha value is -2.87. The first kappa shape index (κ1) is 16.0. The molecule has 0 aliphatic carbocycles. The molecule has 0 spiro atoms. The second-order valence-corrected chi connectivity index (χ2v) is 6.03. The molecule has 0 amide bonds. The van der Waals surface area contributed by atoms with Crippen LogP contribution >= 0.6 is 0 Å².